The Balaban J connectivity index is 1.81. The summed E-state index contributed by atoms with van der Waals surface area (Å²) in [6.45, 7) is 2.27. The van der Waals surface area contributed by atoms with Gasteiger partial charge >= 0.3 is 6.18 Å². The van der Waals surface area contributed by atoms with E-state index in [1.54, 1.807) is 29.7 Å². The number of Topliss-reactive ketones (excluding diaryl/α,β-unsaturated/α-hetero) is 1. The van der Waals surface area contributed by atoms with Crippen LogP contribution in [0.15, 0.2) is 49.1 Å². The van der Waals surface area contributed by atoms with Gasteiger partial charge in [0.25, 0.3) is 5.78 Å². The Morgan fingerprint density at radius 2 is 1.88 bits per heavy atom. The first-order valence-electron chi connectivity index (χ1n) is 7.30. The van der Waals surface area contributed by atoms with E-state index in [0.29, 0.717) is 12.4 Å². The molecule has 0 amide bonds. The molecule has 8 heteroatoms. The standard InChI is InChI=1S/C17H13F4N3O/c1-11-4-5-22-9-15(11)24-7-6-23(10-24)12-2-3-13(14(18)8-12)16(25)17(19,20)21/h2-9H,10H2,1H3. The maximum absolute atomic E-state index is 14.0. The Bertz CT molecular complexity index is 848. The van der Waals surface area contributed by atoms with E-state index in [9.17, 15) is 22.4 Å². The Morgan fingerprint density at radius 1 is 1.16 bits per heavy atom. The van der Waals surface area contributed by atoms with Crippen LogP contribution in [0.1, 0.15) is 15.9 Å². The fourth-order valence-electron chi connectivity index (χ4n) is 2.52. The fraction of sp³-hybridized carbons (Fsp3) is 0.176. The van der Waals surface area contributed by atoms with E-state index in [4.69, 9.17) is 0 Å². The van der Waals surface area contributed by atoms with Gasteiger partial charge in [0.05, 0.1) is 24.1 Å². The number of ketones is 1. The summed E-state index contributed by atoms with van der Waals surface area (Å²) in [6, 6.07) is 4.91. The van der Waals surface area contributed by atoms with Gasteiger partial charge in [-0.15, -0.1) is 0 Å². The first-order valence-corrected chi connectivity index (χ1v) is 7.30. The first-order chi connectivity index (χ1) is 11.8. The molecule has 4 nitrogen and oxygen atoms in total. The van der Waals surface area contributed by atoms with E-state index in [1.807, 2.05) is 17.9 Å². The number of aromatic nitrogens is 1. The van der Waals surface area contributed by atoms with Crippen LogP contribution < -0.4 is 9.80 Å². The number of hydrogen-bond acceptors (Lipinski definition) is 4. The van der Waals surface area contributed by atoms with Crippen molar-refractivity contribution in [2.45, 2.75) is 13.1 Å². The number of rotatable bonds is 3. The molecule has 0 N–H and O–H groups in total. The van der Waals surface area contributed by atoms with Crippen LogP contribution in [-0.2, 0) is 0 Å². The monoisotopic (exact) mass is 351 g/mol. The second-order valence-electron chi connectivity index (χ2n) is 5.53. The van der Waals surface area contributed by atoms with E-state index in [1.165, 1.54) is 6.07 Å². The number of hydrogen-bond donors (Lipinski definition) is 0. The number of benzene rings is 1. The number of alkyl halides is 3. The third kappa shape index (κ3) is 3.33. The molecular weight excluding hydrogens is 338 g/mol. The predicted octanol–water partition coefficient (Wildman–Crippen LogP) is 4.03. The molecule has 1 aromatic heterocycles. The maximum Gasteiger partial charge on any atom is 0.454 e. The van der Waals surface area contributed by atoms with Crippen molar-refractivity contribution in [1.29, 1.82) is 0 Å². The largest absolute Gasteiger partial charge is 0.454 e. The van der Waals surface area contributed by atoms with Crippen molar-refractivity contribution >= 4 is 17.2 Å². The molecule has 0 fully saturated rings. The zero-order valence-electron chi connectivity index (χ0n) is 13.1. The number of carbonyl (C=O) groups excluding carboxylic acids is 1. The summed E-state index contributed by atoms with van der Waals surface area (Å²) in [5.74, 6) is -3.40. The highest BCUT2D eigenvalue weighted by Gasteiger charge is 2.40. The van der Waals surface area contributed by atoms with Crippen LogP contribution in [0.25, 0.3) is 0 Å². The summed E-state index contributed by atoms with van der Waals surface area (Å²) in [5, 5.41) is 0. The zero-order valence-corrected chi connectivity index (χ0v) is 13.1. The van der Waals surface area contributed by atoms with Gasteiger partial charge in [-0.1, -0.05) is 0 Å². The minimum absolute atomic E-state index is 0.344. The van der Waals surface area contributed by atoms with Gasteiger partial charge in [0, 0.05) is 24.3 Å². The summed E-state index contributed by atoms with van der Waals surface area (Å²) in [5.41, 5.74) is 1.22. The molecule has 0 bridgehead atoms. The number of carbonyl (C=O) groups is 1. The molecular formula is C17H13F4N3O. The topological polar surface area (TPSA) is 36.4 Å². The minimum atomic E-state index is -5.11. The second kappa shape index (κ2) is 6.19. The van der Waals surface area contributed by atoms with Crippen LogP contribution in [0.2, 0.25) is 0 Å². The predicted molar refractivity (Wildman–Crippen MR) is 84.7 cm³/mol. The molecule has 3 rings (SSSR count). The minimum Gasteiger partial charge on any atom is -0.328 e. The van der Waals surface area contributed by atoms with Crippen LogP contribution in [0.5, 0.6) is 0 Å². The van der Waals surface area contributed by atoms with E-state index in [0.717, 1.165) is 23.4 Å². The van der Waals surface area contributed by atoms with Crippen molar-refractivity contribution in [2.24, 2.45) is 0 Å². The molecule has 1 aliphatic heterocycles. The van der Waals surface area contributed by atoms with Gasteiger partial charge in [-0.3, -0.25) is 9.78 Å². The van der Waals surface area contributed by atoms with Crippen LogP contribution in [-0.4, -0.2) is 23.6 Å². The number of pyridine rings is 1. The highest BCUT2D eigenvalue weighted by atomic mass is 19.4. The summed E-state index contributed by atoms with van der Waals surface area (Å²) < 4.78 is 51.3. The lowest BCUT2D eigenvalue weighted by atomic mass is 10.1. The molecule has 25 heavy (non-hydrogen) atoms. The number of nitrogens with zero attached hydrogens (tertiary/aromatic N) is 3. The van der Waals surface area contributed by atoms with Crippen LogP contribution >= 0.6 is 0 Å². The van der Waals surface area contributed by atoms with E-state index in [-0.39, 0.29) is 0 Å². The molecule has 0 spiro atoms. The van der Waals surface area contributed by atoms with Gasteiger partial charge in [0.2, 0.25) is 0 Å². The molecule has 1 aromatic carbocycles. The van der Waals surface area contributed by atoms with E-state index in [2.05, 4.69) is 4.98 Å². The molecule has 2 aromatic rings. The Morgan fingerprint density at radius 3 is 2.52 bits per heavy atom. The number of halogens is 4. The molecule has 0 aliphatic carbocycles. The lowest BCUT2D eigenvalue weighted by Crippen LogP contribution is -2.26. The van der Waals surface area contributed by atoms with Crippen LogP contribution in [0, 0.1) is 12.7 Å². The SMILES string of the molecule is Cc1ccncc1N1C=CN(c2ccc(C(=O)C(F)(F)F)c(F)c2)C1. The average Bonchev–Trinajstić information content (AvgIpc) is 3.03. The van der Waals surface area contributed by atoms with Gasteiger partial charge in [-0.05, 0) is 36.8 Å². The maximum atomic E-state index is 14.0. The van der Waals surface area contributed by atoms with Gasteiger partial charge in [0.1, 0.15) is 5.82 Å². The molecule has 0 radical (unpaired) electrons. The highest BCUT2D eigenvalue weighted by molar-refractivity contribution is 6.00. The Labute approximate surface area is 141 Å². The quantitative estimate of drug-likeness (QED) is 0.618. The van der Waals surface area contributed by atoms with Crippen molar-refractivity contribution in [3.63, 3.8) is 0 Å². The third-order valence-electron chi connectivity index (χ3n) is 3.84. The second-order valence-corrected chi connectivity index (χ2v) is 5.53. The van der Waals surface area contributed by atoms with Crippen molar-refractivity contribution in [3.05, 3.63) is 66.0 Å². The average molecular weight is 351 g/mol. The third-order valence-corrected chi connectivity index (χ3v) is 3.84. The fourth-order valence-corrected chi connectivity index (χ4v) is 2.52. The molecule has 0 unspecified atom stereocenters. The van der Waals surface area contributed by atoms with Crippen LogP contribution in [0.3, 0.4) is 0 Å². The van der Waals surface area contributed by atoms with Crippen LogP contribution in [0.4, 0.5) is 28.9 Å². The number of anilines is 2. The van der Waals surface area contributed by atoms with E-state index >= 15 is 0 Å². The number of aryl methyl sites for hydroxylation is 1. The summed E-state index contributed by atoms with van der Waals surface area (Å²) >= 11 is 0. The van der Waals surface area contributed by atoms with Gasteiger partial charge in [0.15, 0.2) is 0 Å². The summed E-state index contributed by atoms with van der Waals surface area (Å²) in [6.07, 6.45) is 1.69. The summed E-state index contributed by atoms with van der Waals surface area (Å²) in [4.78, 5) is 18.8. The molecule has 0 atom stereocenters. The van der Waals surface area contributed by atoms with Gasteiger partial charge in [-0.2, -0.15) is 13.2 Å². The lowest BCUT2D eigenvalue weighted by molar-refractivity contribution is -0.0887. The Hall–Kier alpha value is -2.90. The first kappa shape index (κ1) is 16.9. The zero-order chi connectivity index (χ0) is 18.2. The Kier molecular flexibility index (Phi) is 4.20. The van der Waals surface area contributed by atoms with Crippen molar-refractivity contribution < 1.29 is 22.4 Å². The van der Waals surface area contributed by atoms with E-state index < -0.39 is 23.3 Å². The smallest absolute Gasteiger partial charge is 0.328 e. The summed E-state index contributed by atoms with van der Waals surface area (Å²) in [7, 11) is 0. The van der Waals surface area contributed by atoms with Gasteiger partial charge in [-0.25, -0.2) is 4.39 Å². The highest BCUT2D eigenvalue weighted by Crippen LogP contribution is 2.29. The van der Waals surface area contributed by atoms with Crippen molar-refractivity contribution in [2.75, 3.05) is 16.5 Å². The normalized spacial score (nSPS) is 14.3. The molecule has 2 heterocycles. The molecule has 0 saturated carbocycles. The van der Waals surface area contributed by atoms with Gasteiger partial charge < -0.3 is 9.80 Å². The van der Waals surface area contributed by atoms with Crippen molar-refractivity contribution in [3.8, 4) is 0 Å². The van der Waals surface area contributed by atoms with Crippen molar-refractivity contribution in [1.82, 2.24) is 4.98 Å². The molecule has 0 saturated heterocycles. The lowest BCUT2D eigenvalue weighted by Gasteiger charge is -2.22. The molecule has 1 aliphatic rings. The molecule has 130 valence electrons.